The number of carbonyl (C=O) groups excluding carboxylic acids is 2. The van der Waals surface area contributed by atoms with Crippen molar-refractivity contribution in [2.24, 2.45) is 0 Å². The van der Waals surface area contributed by atoms with Gasteiger partial charge >= 0.3 is 5.97 Å². The number of hydrogen-bond donors (Lipinski definition) is 1. The summed E-state index contributed by atoms with van der Waals surface area (Å²) in [5.41, 5.74) is 2.16. The van der Waals surface area contributed by atoms with E-state index in [0.717, 1.165) is 11.1 Å². The number of ether oxygens (including phenoxy) is 1. The SMILES string of the molecule is O=C(OCc1nn[nH]n1)c1ccc(-c2ccc(/C=C3/SC(=S)N(Cc4ccccc4)C3=O)o2)cc1. The molecular weight excluding hydrogens is 486 g/mol. The molecule has 9 nitrogen and oxygen atoms in total. The van der Waals surface area contributed by atoms with Gasteiger partial charge in [-0.2, -0.15) is 5.21 Å². The lowest BCUT2D eigenvalue weighted by molar-refractivity contribution is -0.122. The standard InChI is InChI=1S/C24H17N5O4S2/c30-22-20(35-24(34)29(22)13-15-4-2-1-3-5-15)12-18-10-11-19(33-18)16-6-8-17(9-7-16)23(31)32-14-21-25-27-28-26-21/h1-12H,13-14H2,(H,25,26,27,28)/b20-12+. The maximum Gasteiger partial charge on any atom is 0.338 e. The second-order valence-corrected chi connectivity index (χ2v) is 9.11. The fraction of sp³-hybridized carbons (Fsp3) is 0.0833. The van der Waals surface area contributed by atoms with Gasteiger partial charge in [-0.3, -0.25) is 9.69 Å². The monoisotopic (exact) mass is 503 g/mol. The molecule has 5 rings (SSSR count). The first-order valence-electron chi connectivity index (χ1n) is 10.5. The van der Waals surface area contributed by atoms with Crippen molar-refractivity contribution < 1.29 is 18.7 Å². The quantitative estimate of drug-likeness (QED) is 0.225. The van der Waals surface area contributed by atoms with Gasteiger partial charge in [0.2, 0.25) is 5.82 Å². The predicted molar refractivity (Wildman–Crippen MR) is 133 cm³/mol. The van der Waals surface area contributed by atoms with Gasteiger partial charge in [0.1, 0.15) is 15.8 Å². The second-order valence-electron chi connectivity index (χ2n) is 7.44. The summed E-state index contributed by atoms with van der Waals surface area (Å²) in [6.45, 7) is 0.354. The molecular formula is C24H17N5O4S2. The Morgan fingerprint density at radius 3 is 2.66 bits per heavy atom. The Kier molecular flexibility index (Phi) is 6.51. The van der Waals surface area contributed by atoms with Crippen molar-refractivity contribution in [1.29, 1.82) is 0 Å². The molecule has 0 atom stereocenters. The van der Waals surface area contributed by atoms with Crippen LogP contribution in [0.1, 0.15) is 27.5 Å². The number of thioether (sulfide) groups is 1. The van der Waals surface area contributed by atoms with Gasteiger partial charge in [-0.1, -0.05) is 71.7 Å². The molecule has 1 amide bonds. The topological polar surface area (TPSA) is 114 Å². The maximum atomic E-state index is 12.9. The summed E-state index contributed by atoms with van der Waals surface area (Å²) in [6, 6.07) is 20.1. The number of aromatic amines is 1. The normalized spacial score (nSPS) is 14.6. The smallest absolute Gasteiger partial charge is 0.338 e. The van der Waals surface area contributed by atoms with Gasteiger partial charge < -0.3 is 9.15 Å². The van der Waals surface area contributed by atoms with Crippen molar-refractivity contribution in [1.82, 2.24) is 25.5 Å². The second kappa shape index (κ2) is 10.0. The number of amides is 1. The number of aromatic nitrogens is 4. The van der Waals surface area contributed by atoms with Crippen molar-refractivity contribution in [3.05, 3.63) is 94.3 Å². The van der Waals surface area contributed by atoms with E-state index in [1.165, 1.54) is 11.8 Å². The summed E-state index contributed by atoms with van der Waals surface area (Å²) in [5, 5.41) is 13.2. The van der Waals surface area contributed by atoms with Gasteiger partial charge in [-0.05, 0) is 29.8 Å². The summed E-state index contributed by atoms with van der Waals surface area (Å²) in [6.07, 6.45) is 1.69. The van der Waals surface area contributed by atoms with Gasteiger partial charge in [-0.25, -0.2) is 4.79 Å². The molecule has 4 aromatic rings. The van der Waals surface area contributed by atoms with Gasteiger partial charge in [0.05, 0.1) is 17.0 Å². The van der Waals surface area contributed by atoms with Crippen molar-refractivity contribution in [2.75, 3.05) is 0 Å². The Hall–Kier alpha value is -4.09. The summed E-state index contributed by atoms with van der Waals surface area (Å²) >= 11 is 6.67. The number of benzene rings is 2. The third-order valence-electron chi connectivity index (χ3n) is 5.08. The fourth-order valence-corrected chi connectivity index (χ4v) is 4.58. The maximum absolute atomic E-state index is 12.9. The molecule has 3 heterocycles. The third kappa shape index (κ3) is 5.20. The molecule has 1 fully saturated rings. The molecule has 1 aliphatic heterocycles. The van der Waals surface area contributed by atoms with Gasteiger partial charge in [-0.15, -0.1) is 10.2 Å². The van der Waals surface area contributed by atoms with Crippen LogP contribution in [0.5, 0.6) is 0 Å². The zero-order valence-corrected chi connectivity index (χ0v) is 19.7. The molecule has 0 saturated carbocycles. The summed E-state index contributed by atoms with van der Waals surface area (Å²) < 4.78 is 11.6. The van der Waals surface area contributed by atoms with E-state index in [1.54, 1.807) is 47.4 Å². The minimum atomic E-state index is -0.501. The van der Waals surface area contributed by atoms with E-state index in [-0.39, 0.29) is 18.3 Å². The van der Waals surface area contributed by atoms with Crippen LogP contribution in [0.2, 0.25) is 0 Å². The Balaban J connectivity index is 1.24. The average Bonchev–Trinajstić information content (AvgIpc) is 3.62. The number of nitrogens with one attached hydrogen (secondary N) is 1. The third-order valence-corrected chi connectivity index (χ3v) is 6.46. The minimum Gasteiger partial charge on any atom is -0.457 e. The number of tetrazole rings is 1. The lowest BCUT2D eigenvalue weighted by Gasteiger charge is -2.14. The van der Waals surface area contributed by atoms with E-state index in [2.05, 4.69) is 20.6 Å². The molecule has 11 heteroatoms. The van der Waals surface area contributed by atoms with Gasteiger partial charge in [0, 0.05) is 11.6 Å². The van der Waals surface area contributed by atoms with Crippen molar-refractivity contribution in [3.63, 3.8) is 0 Å². The highest BCUT2D eigenvalue weighted by Gasteiger charge is 2.32. The van der Waals surface area contributed by atoms with E-state index in [0.29, 0.717) is 32.9 Å². The van der Waals surface area contributed by atoms with Crippen LogP contribution < -0.4 is 0 Å². The summed E-state index contributed by atoms with van der Waals surface area (Å²) in [5.74, 6) is 0.770. The molecule has 0 unspecified atom stereocenters. The largest absolute Gasteiger partial charge is 0.457 e. The molecule has 0 radical (unpaired) electrons. The zero-order chi connectivity index (χ0) is 24.2. The van der Waals surface area contributed by atoms with E-state index in [4.69, 9.17) is 21.4 Å². The first-order valence-corrected chi connectivity index (χ1v) is 11.7. The van der Waals surface area contributed by atoms with Gasteiger partial charge in [0.25, 0.3) is 5.91 Å². The molecule has 0 spiro atoms. The molecule has 1 aliphatic rings. The predicted octanol–water partition coefficient (Wildman–Crippen LogP) is 4.22. The minimum absolute atomic E-state index is 0.0732. The molecule has 1 N–H and O–H groups in total. The lowest BCUT2D eigenvalue weighted by atomic mass is 10.1. The van der Waals surface area contributed by atoms with Crippen LogP contribution in [0, 0.1) is 0 Å². The fourth-order valence-electron chi connectivity index (χ4n) is 3.34. The number of thiocarbonyl (C=S) groups is 1. The number of nitrogens with zero attached hydrogens (tertiary/aromatic N) is 4. The van der Waals surface area contributed by atoms with Crippen LogP contribution >= 0.6 is 24.0 Å². The summed E-state index contributed by atoms with van der Waals surface area (Å²) in [7, 11) is 0. The number of rotatable bonds is 7. The molecule has 174 valence electrons. The number of H-pyrrole nitrogens is 1. The van der Waals surface area contributed by atoms with Crippen LogP contribution in [-0.4, -0.2) is 41.7 Å². The first kappa shape index (κ1) is 22.7. The number of esters is 1. The molecule has 0 aliphatic carbocycles. The zero-order valence-electron chi connectivity index (χ0n) is 18.1. The highest BCUT2D eigenvalue weighted by Crippen LogP contribution is 2.34. The molecule has 35 heavy (non-hydrogen) atoms. The van der Waals surface area contributed by atoms with Crippen LogP contribution in [0.25, 0.3) is 17.4 Å². The van der Waals surface area contributed by atoms with Crippen molar-refractivity contribution >= 4 is 46.3 Å². The highest BCUT2D eigenvalue weighted by molar-refractivity contribution is 8.26. The number of carbonyl (C=O) groups is 2. The Bertz CT molecular complexity index is 1400. The highest BCUT2D eigenvalue weighted by atomic mass is 32.2. The van der Waals surface area contributed by atoms with Gasteiger partial charge in [0.15, 0.2) is 6.61 Å². The van der Waals surface area contributed by atoms with Crippen LogP contribution in [0.3, 0.4) is 0 Å². The van der Waals surface area contributed by atoms with E-state index < -0.39 is 5.97 Å². The van der Waals surface area contributed by atoms with Crippen LogP contribution in [0.4, 0.5) is 0 Å². The number of furan rings is 1. The first-order chi connectivity index (χ1) is 17.1. The van der Waals surface area contributed by atoms with E-state index in [1.807, 2.05) is 30.3 Å². The molecule has 2 aromatic heterocycles. The average molecular weight is 504 g/mol. The van der Waals surface area contributed by atoms with Crippen LogP contribution in [-0.2, 0) is 22.7 Å². The molecule has 0 bridgehead atoms. The van der Waals surface area contributed by atoms with E-state index >= 15 is 0 Å². The van der Waals surface area contributed by atoms with Crippen molar-refractivity contribution in [3.8, 4) is 11.3 Å². The lowest BCUT2D eigenvalue weighted by Crippen LogP contribution is -2.27. The Morgan fingerprint density at radius 2 is 1.91 bits per heavy atom. The molecule has 2 aromatic carbocycles. The summed E-state index contributed by atoms with van der Waals surface area (Å²) in [4.78, 5) is 27.2. The van der Waals surface area contributed by atoms with Crippen LogP contribution in [0.15, 0.2) is 76.1 Å². The van der Waals surface area contributed by atoms with E-state index in [9.17, 15) is 9.59 Å². The Morgan fingerprint density at radius 1 is 1.11 bits per heavy atom. The van der Waals surface area contributed by atoms with Crippen molar-refractivity contribution in [2.45, 2.75) is 13.2 Å². The molecule has 1 saturated heterocycles. The Labute approximate surface area is 209 Å². The number of hydrogen-bond acceptors (Lipinski definition) is 9.